The highest BCUT2D eigenvalue weighted by Crippen LogP contribution is 2.62. The third-order valence-corrected chi connectivity index (χ3v) is 8.08. The molecular formula is C18H10F26OS2. The lowest BCUT2D eigenvalue weighted by Gasteiger charge is -2.39. The number of hydrogen-bond donors (Lipinski definition) is 0. The van der Waals surface area contributed by atoms with Crippen molar-refractivity contribution in [1.82, 2.24) is 0 Å². The van der Waals surface area contributed by atoms with Gasteiger partial charge in [-0.25, -0.2) is 0 Å². The Bertz CT molecular complexity index is 995. The molecule has 0 aliphatic heterocycles. The summed E-state index contributed by atoms with van der Waals surface area (Å²) in [5.41, 5.74) is 0. The summed E-state index contributed by atoms with van der Waals surface area (Å²) in [6.07, 6.45) is -22.0. The van der Waals surface area contributed by atoms with Crippen LogP contribution in [0.2, 0.25) is 0 Å². The summed E-state index contributed by atoms with van der Waals surface area (Å²) in [4.78, 5) is 10.9. The average molecular weight is 800 g/mol. The molecule has 1 nitrogen and oxygen atoms in total. The van der Waals surface area contributed by atoms with Gasteiger partial charge in [0.05, 0.1) is 0 Å². The molecule has 0 amide bonds. The van der Waals surface area contributed by atoms with Crippen molar-refractivity contribution in [2.45, 2.75) is 89.0 Å². The van der Waals surface area contributed by atoms with Gasteiger partial charge in [0.2, 0.25) is 0 Å². The molecule has 0 heterocycles. The maximum Gasteiger partial charge on any atom is 0.460 e. The fourth-order valence-electron chi connectivity index (χ4n) is 2.65. The molecule has 0 aliphatic rings. The standard InChI is InChI=1S/C18H10F26OS2/c19-7(20,9(23,24)11(27,28)13(31,32)15(35,36)17(39,40)41)1-3-46-6(5-45)47-4-2-8(21,22)10(25,26)12(29,30)14(33,34)16(37,38)18(42,43)44/h5-6H,1-4H2. The van der Waals surface area contributed by atoms with Crippen LogP contribution in [0.25, 0.3) is 0 Å². The van der Waals surface area contributed by atoms with E-state index in [2.05, 4.69) is 0 Å². The lowest BCUT2D eigenvalue weighted by Crippen LogP contribution is -2.70. The molecule has 0 aliphatic carbocycles. The van der Waals surface area contributed by atoms with Gasteiger partial charge in [-0.15, -0.1) is 23.5 Å². The Morgan fingerprint density at radius 2 is 0.574 bits per heavy atom. The van der Waals surface area contributed by atoms with Gasteiger partial charge in [-0.1, -0.05) is 0 Å². The highest BCUT2D eigenvalue weighted by molar-refractivity contribution is 8.17. The third kappa shape index (κ3) is 7.38. The smallest absolute Gasteiger partial charge is 0.301 e. The number of carbonyl (C=O) groups excluding carboxylic acids is 1. The zero-order valence-electron chi connectivity index (χ0n) is 21.0. The molecule has 0 aromatic heterocycles. The zero-order valence-corrected chi connectivity index (χ0v) is 22.7. The van der Waals surface area contributed by atoms with Gasteiger partial charge in [0.25, 0.3) is 0 Å². The summed E-state index contributed by atoms with van der Waals surface area (Å²) in [5, 5.41) is 0. The lowest BCUT2D eigenvalue weighted by molar-refractivity contribution is -0.439. The Balaban J connectivity index is 5.77. The molecule has 0 N–H and O–H groups in total. The second kappa shape index (κ2) is 13.0. The van der Waals surface area contributed by atoms with Gasteiger partial charge >= 0.3 is 71.6 Å². The molecule has 0 saturated carbocycles. The normalized spacial score (nSPS) is 16.2. The van der Waals surface area contributed by atoms with Crippen LogP contribution in [-0.4, -0.2) is 94.0 Å². The fraction of sp³-hybridized carbons (Fsp3) is 0.944. The Hall–Kier alpha value is -1.45. The lowest BCUT2D eigenvalue weighted by atomic mass is 9.93. The van der Waals surface area contributed by atoms with Crippen LogP contribution >= 0.6 is 23.5 Å². The van der Waals surface area contributed by atoms with E-state index in [9.17, 15) is 119 Å². The number of alkyl halides is 26. The molecule has 0 bridgehead atoms. The molecule has 0 rings (SSSR count). The summed E-state index contributed by atoms with van der Waals surface area (Å²) in [6.45, 7) is 0. The molecule has 0 radical (unpaired) electrons. The Morgan fingerprint density at radius 3 is 0.766 bits per heavy atom. The van der Waals surface area contributed by atoms with Crippen LogP contribution in [0.4, 0.5) is 114 Å². The average Bonchev–Trinajstić information content (AvgIpc) is 2.85. The summed E-state index contributed by atoms with van der Waals surface area (Å²) in [7, 11) is 0. The SMILES string of the molecule is O=CC(SCCC(F)(F)C(F)(F)C(F)(F)C(F)(F)C(F)(F)C(F)(F)F)SCCC(F)(F)C(F)(F)C(F)(F)C(F)(F)C(F)(F)C(F)(F)F. The van der Waals surface area contributed by atoms with Gasteiger partial charge in [0.15, 0.2) is 0 Å². The first-order chi connectivity index (χ1) is 20.1. The Morgan fingerprint density at radius 1 is 0.362 bits per heavy atom. The van der Waals surface area contributed by atoms with E-state index < -0.39 is 130 Å². The van der Waals surface area contributed by atoms with Crippen molar-refractivity contribution < 1.29 is 119 Å². The van der Waals surface area contributed by atoms with E-state index in [1.165, 1.54) is 0 Å². The summed E-state index contributed by atoms with van der Waals surface area (Å²) < 4.78 is 337. The minimum atomic E-state index is -8.25. The van der Waals surface area contributed by atoms with Crippen LogP contribution in [0.5, 0.6) is 0 Å². The van der Waals surface area contributed by atoms with E-state index in [4.69, 9.17) is 0 Å². The van der Waals surface area contributed by atoms with Crippen molar-refractivity contribution in [3.05, 3.63) is 0 Å². The molecule has 47 heavy (non-hydrogen) atoms. The van der Waals surface area contributed by atoms with Gasteiger partial charge in [-0.2, -0.15) is 114 Å². The topological polar surface area (TPSA) is 17.1 Å². The molecule has 0 spiro atoms. The first kappa shape index (κ1) is 45.6. The zero-order chi connectivity index (χ0) is 38.5. The number of rotatable bonds is 17. The molecular weight excluding hydrogens is 790 g/mol. The molecule has 0 aromatic rings. The monoisotopic (exact) mass is 800 g/mol. The van der Waals surface area contributed by atoms with E-state index in [0.717, 1.165) is 0 Å². The number of hydrogen-bond acceptors (Lipinski definition) is 3. The van der Waals surface area contributed by atoms with Crippen LogP contribution in [0.15, 0.2) is 0 Å². The highest BCUT2D eigenvalue weighted by Gasteiger charge is 2.92. The van der Waals surface area contributed by atoms with Crippen molar-refractivity contribution in [3.8, 4) is 0 Å². The quantitative estimate of drug-likeness (QED) is 0.0829. The van der Waals surface area contributed by atoms with Gasteiger partial charge in [-0.05, 0) is 0 Å². The predicted molar refractivity (Wildman–Crippen MR) is 106 cm³/mol. The van der Waals surface area contributed by atoms with Crippen molar-refractivity contribution in [3.63, 3.8) is 0 Å². The summed E-state index contributed by atoms with van der Waals surface area (Å²) >= 11 is -1.27. The molecule has 0 unspecified atom stereocenters. The summed E-state index contributed by atoms with van der Waals surface area (Å²) in [6, 6.07) is 0. The minimum Gasteiger partial charge on any atom is -0.301 e. The summed E-state index contributed by atoms with van der Waals surface area (Å²) in [5.74, 6) is -81.7. The number of aldehydes is 1. The molecule has 0 atom stereocenters. The Kier molecular flexibility index (Phi) is 12.6. The van der Waals surface area contributed by atoms with Crippen molar-refractivity contribution in [2.24, 2.45) is 0 Å². The predicted octanol–water partition coefficient (Wildman–Crippen LogP) is 10.2. The Labute approximate surface area is 250 Å². The largest absolute Gasteiger partial charge is 0.460 e. The van der Waals surface area contributed by atoms with E-state index in [0.29, 0.717) is 0 Å². The van der Waals surface area contributed by atoms with Gasteiger partial charge < -0.3 is 4.79 Å². The number of halogens is 26. The van der Waals surface area contributed by atoms with E-state index >= 15 is 0 Å². The van der Waals surface area contributed by atoms with E-state index in [-0.39, 0.29) is 0 Å². The van der Waals surface area contributed by atoms with Crippen molar-refractivity contribution in [2.75, 3.05) is 11.5 Å². The van der Waals surface area contributed by atoms with Crippen molar-refractivity contribution in [1.29, 1.82) is 0 Å². The van der Waals surface area contributed by atoms with Crippen LogP contribution in [0.1, 0.15) is 12.8 Å². The number of carbonyl (C=O) groups is 1. The van der Waals surface area contributed by atoms with Crippen LogP contribution in [0.3, 0.4) is 0 Å². The molecule has 29 heteroatoms. The van der Waals surface area contributed by atoms with Gasteiger partial charge in [0, 0.05) is 24.3 Å². The van der Waals surface area contributed by atoms with Gasteiger partial charge in [-0.3, -0.25) is 0 Å². The van der Waals surface area contributed by atoms with Crippen LogP contribution in [0, 0.1) is 0 Å². The first-order valence-electron chi connectivity index (χ1n) is 10.7. The molecule has 0 aromatic carbocycles. The van der Waals surface area contributed by atoms with E-state index in [1.807, 2.05) is 0 Å². The first-order valence-corrected chi connectivity index (χ1v) is 12.8. The maximum atomic E-state index is 13.7. The highest BCUT2D eigenvalue weighted by atomic mass is 32.2. The second-order valence-corrected chi connectivity index (χ2v) is 11.5. The minimum absolute atomic E-state index is 0.637. The van der Waals surface area contributed by atoms with Crippen LogP contribution < -0.4 is 0 Å². The van der Waals surface area contributed by atoms with E-state index in [1.54, 1.807) is 0 Å². The maximum absolute atomic E-state index is 13.7. The number of thioether (sulfide) groups is 2. The van der Waals surface area contributed by atoms with Crippen LogP contribution in [-0.2, 0) is 4.79 Å². The fourth-order valence-corrected chi connectivity index (χ4v) is 4.98. The molecule has 0 saturated heterocycles. The third-order valence-electron chi connectivity index (χ3n) is 5.50. The van der Waals surface area contributed by atoms with Crippen molar-refractivity contribution >= 4 is 29.8 Å². The molecule has 282 valence electrons. The molecule has 0 fully saturated rings. The van der Waals surface area contributed by atoms with Gasteiger partial charge in [0.1, 0.15) is 10.9 Å². The second-order valence-electron chi connectivity index (χ2n) is 8.75.